The van der Waals surface area contributed by atoms with Crippen LogP contribution in [0.5, 0.6) is 0 Å². The molecule has 0 saturated carbocycles. The standard InChI is InChI=1S/C19H19FN4O2/c20-15-6-2-1-5-14(15)13-21-18(25)17-16-7-3-4-8-24(16)19(22-17)23-9-11-26-12-10-23/h1-8H,9-13H2,(H,21,25)/p+2. The van der Waals surface area contributed by atoms with Crippen LogP contribution in [0.1, 0.15) is 16.1 Å². The molecule has 0 unspecified atom stereocenters. The van der Waals surface area contributed by atoms with Crippen molar-refractivity contribution in [1.29, 1.82) is 0 Å². The molecule has 2 aromatic heterocycles. The third-order valence-electron chi connectivity index (χ3n) is 4.66. The van der Waals surface area contributed by atoms with Gasteiger partial charge in [0.1, 0.15) is 25.1 Å². The summed E-state index contributed by atoms with van der Waals surface area (Å²) in [5.74, 6) is 0.354. The van der Waals surface area contributed by atoms with Gasteiger partial charge in [-0.3, -0.25) is 4.79 Å². The number of H-pyrrole nitrogens is 1. The summed E-state index contributed by atoms with van der Waals surface area (Å²) in [7, 11) is 0. The molecule has 134 valence electrons. The number of fused-ring (bicyclic) bond motifs is 1. The number of ether oxygens (including phenoxy) is 1. The lowest BCUT2D eigenvalue weighted by atomic mass is 10.2. The first-order valence-corrected chi connectivity index (χ1v) is 8.71. The fraction of sp³-hybridized carbons (Fsp3) is 0.263. The van der Waals surface area contributed by atoms with Gasteiger partial charge in [0.15, 0.2) is 5.52 Å². The van der Waals surface area contributed by atoms with Gasteiger partial charge in [0, 0.05) is 12.1 Å². The van der Waals surface area contributed by atoms with Crippen LogP contribution in [-0.4, -0.2) is 37.2 Å². The number of amides is 1. The number of rotatable bonds is 4. The molecule has 0 bridgehead atoms. The van der Waals surface area contributed by atoms with Gasteiger partial charge in [0.2, 0.25) is 5.69 Å². The molecule has 0 spiro atoms. The highest BCUT2D eigenvalue weighted by Crippen LogP contribution is 2.10. The second kappa shape index (κ2) is 7.23. The van der Waals surface area contributed by atoms with E-state index in [-0.39, 0.29) is 18.3 Å². The molecule has 1 aliphatic heterocycles. The average molecular weight is 356 g/mol. The molecule has 3 aromatic rings. The van der Waals surface area contributed by atoms with Gasteiger partial charge in [-0.15, -0.1) is 4.40 Å². The van der Waals surface area contributed by atoms with Crippen molar-refractivity contribution < 1.29 is 23.2 Å². The molecule has 1 saturated heterocycles. The predicted octanol–water partition coefficient (Wildman–Crippen LogP) is 0.369. The number of imidazole rings is 1. The number of nitrogens with one attached hydrogen (secondary N) is 3. The van der Waals surface area contributed by atoms with Crippen molar-refractivity contribution in [3.05, 3.63) is 65.7 Å². The van der Waals surface area contributed by atoms with Crippen LogP contribution in [0.25, 0.3) is 5.52 Å². The minimum Gasteiger partial charge on any atom is -0.370 e. The molecule has 4 rings (SSSR count). The Bertz CT molecular complexity index is 934. The number of quaternary nitrogens is 1. The van der Waals surface area contributed by atoms with E-state index in [0.717, 1.165) is 24.6 Å². The molecule has 0 radical (unpaired) electrons. The largest absolute Gasteiger partial charge is 0.457 e. The second-order valence-corrected chi connectivity index (χ2v) is 6.29. The number of nitrogens with zero attached hydrogens (tertiary/aromatic N) is 1. The van der Waals surface area contributed by atoms with E-state index in [1.807, 2.05) is 28.8 Å². The predicted molar refractivity (Wildman–Crippen MR) is 92.7 cm³/mol. The second-order valence-electron chi connectivity index (χ2n) is 6.29. The quantitative estimate of drug-likeness (QED) is 0.592. The minimum absolute atomic E-state index is 0.142. The number of benzene rings is 1. The summed E-state index contributed by atoms with van der Waals surface area (Å²) in [6.45, 7) is 3.21. The topological polar surface area (TPSA) is 62.7 Å². The molecular weight excluding hydrogens is 335 g/mol. The normalized spacial score (nSPS) is 15.3. The number of aromatic nitrogens is 2. The highest BCUT2D eigenvalue weighted by molar-refractivity contribution is 5.98. The van der Waals surface area contributed by atoms with Gasteiger partial charge in [0.25, 0.3) is 5.91 Å². The van der Waals surface area contributed by atoms with Gasteiger partial charge < -0.3 is 10.1 Å². The lowest BCUT2D eigenvalue weighted by Gasteiger charge is -2.18. The zero-order valence-corrected chi connectivity index (χ0v) is 14.3. The summed E-state index contributed by atoms with van der Waals surface area (Å²) in [5.41, 5.74) is 1.74. The molecule has 0 atom stereocenters. The third-order valence-corrected chi connectivity index (χ3v) is 4.66. The zero-order chi connectivity index (χ0) is 17.9. The number of hydrogen-bond acceptors (Lipinski definition) is 2. The van der Waals surface area contributed by atoms with Crippen molar-refractivity contribution in [3.63, 3.8) is 0 Å². The maximum absolute atomic E-state index is 13.8. The van der Waals surface area contributed by atoms with Gasteiger partial charge in [-0.05, 0) is 18.2 Å². The molecule has 1 fully saturated rings. The number of halogens is 1. The van der Waals surface area contributed by atoms with Crippen molar-refractivity contribution in [3.8, 4) is 0 Å². The molecule has 1 amide bonds. The van der Waals surface area contributed by atoms with Crippen molar-refractivity contribution in [1.82, 2.24) is 10.3 Å². The fourth-order valence-corrected chi connectivity index (χ4v) is 3.28. The fourth-order valence-electron chi connectivity index (χ4n) is 3.28. The first kappa shape index (κ1) is 16.7. The smallest absolute Gasteiger partial charge is 0.370 e. The maximum Gasteiger partial charge on any atom is 0.457 e. The van der Waals surface area contributed by atoms with E-state index in [4.69, 9.17) is 4.74 Å². The monoisotopic (exact) mass is 356 g/mol. The average Bonchev–Trinajstić information content (AvgIpc) is 3.08. The Hall–Kier alpha value is -2.77. The Kier molecular flexibility index (Phi) is 4.64. The molecule has 0 aliphatic carbocycles. The van der Waals surface area contributed by atoms with Crippen LogP contribution >= 0.6 is 0 Å². The summed E-state index contributed by atoms with van der Waals surface area (Å²) < 4.78 is 21.2. The minimum atomic E-state index is -0.322. The van der Waals surface area contributed by atoms with Crippen molar-refractivity contribution in [2.45, 2.75) is 6.54 Å². The molecule has 7 heteroatoms. The summed E-state index contributed by atoms with van der Waals surface area (Å²) in [5, 5.41) is 2.81. The van der Waals surface area contributed by atoms with Crippen molar-refractivity contribution >= 4 is 17.4 Å². The van der Waals surface area contributed by atoms with Crippen LogP contribution in [-0.2, 0) is 11.3 Å². The summed E-state index contributed by atoms with van der Waals surface area (Å²) in [6.07, 6.45) is 1.94. The molecule has 6 nitrogen and oxygen atoms in total. The Morgan fingerprint density at radius 1 is 1.19 bits per heavy atom. The van der Waals surface area contributed by atoms with Gasteiger partial charge in [0.05, 0.1) is 13.2 Å². The van der Waals surface area contributed by atoms with Crippen molar-refractivity contribution in [2.75, 3.05) is 26.3 Å². The van der Waals surface area contributed by atoms with E-state index in [0.29, 0.717) is 24.5 Å². The maximum atomic E-state index is 13.8. The molecule has 1 aliphatic rings. The van der Waals surface area contributed by atoms with E-state index in [1.165, 1.54) is 11.0 Å². The molecular formula is C19H21FN4O2+2. The summed E-state index contributed by atoms with van der Waals surface area (Å²) in [6, 6.07) is 12.2. The van der Waals surface area contributed by atoms with Crippen LogP contribution < -0.4 is 14.6 Å². The van der Waals surface area contributed by atoms with Crippen LogP contribution in [0.2, 0.25) is 0 Å². The molecule has 3 heterocycles. The van der Waals surface area contributed by atoms with E-state index < -0.39 is 0 Å². The van der Waals surface area contributed by atoms with Crippen LogP contribution in [0.3, 0.4) is 0 Å². The lowest BCUT2D eigenvalue weighted by molar-refractivity contribution is -0.889. The Balaban J connectivity index is 1.61. The number of hydrogen-bond donors (Lipinski definition) is 3. The first-order chi connectivity index (χ1) is 12.7. The number of pyridine rings is 1. The van der Waals surface area contributed by atoms with Gasteiger partial charge in [-0.25, -0.2) is 9.29 Å². The van der Waals surface area contributed by atoms with E-state index in [1.54, 1.807) is 18.2 Å². The van der Waals surface area contributed by atoms with Crippen LogP contribution in [0.15, 0.2) is 48.7 Å². The highest BCUT2D eigenvalue weighted by Gasteiger charge is 2.32. The van der Waals surface area contributed by atoms with Crippen LogP contribution in [0.4, 0.5) is 10.3 Å². The van der Waals surface area contributed by atoms with Crippen molar-refractivity contribution in [2.24, 2.45) is 0 Å². The molecule has 1 aromatic carbocycles. The number of aromatic amines is 1. The first-order valence-electron chi connectivity index (χ1n) is 8.71. The number of morpholine rings is 1. The van der Waals surface area contributed by atoms with Gasteiger partial charge in [-0.1, -0.05) is 24.3 Å². The number of carbonyl (C=O) groups is 1. The third kappa shape index (κ3) is 3.18. The van der Waals surface area contributed by atoms with Gasteiger partial charge >= 0.3 is 5.95 Å². The van der Waals surface area contributed by atoms with E-state index in [2.05, 4.69) is 10.3 Å². The van der Waals surface area contributed by atoms with Crippen LogP contribution in [0, 0.1) is 5.82 Å². The SMILES string of the molecule is O=C(NCc1ccccc1F)c1[nH]c([NH+]2CCOCC2)[n+]2ccccc12. The number of carbonyl (C=O) groups excluding carboxylic acids is 1. The lowest BCUT2D eigenvalue weighted by Crippen LogP contribution is -3.11. The highest BCUT2D eigenvalue weighted by atomic mass is 19.1. The Morgan fingerprint density at radius 3 is 2.77 bits per heavy atom. The molecule has 3 N–H and O–H groups in total. The summed E-state index contributed by atoms with van der Waals surface area (Å²) >= 11 is 0. The van der Waals surface area contributed by atoms with E-state index >= 15 is 0 Å². The van der Waals surface area contributed by atoms with Gasteiger partial charge in [-0.2, -0.15) is 4.98 Å². The molecule has 26 heavy (non-hydrogen) atoms. The zero-order valence-electron chi connectivity index (χ0n) is 14.3. The Labute approximate surface area is 150 Å². The van der Waals surface area contributed by atoms with E-state index in [9.17, 15) is 9.18 Å². The Morgan fingerprint density at radius 2 is 1.96 bits per heavy atom. The summed E-state index contributed by atoms with van der Waals surface area (Å²) in [4.78, 5) is 17.2.